The summed E-state index contributed by atoms with van der Waals surface area (Å²) in [5, 5.41) is 4.48. The Labute approximate surface area is 229 Å². The van der Waals surface area contributed by atoms with E-state index in [0.717, 1.165) is 47.6 Å². The Balaban J connectivity index is 1.17. The summed E-state index contributed by atoms with van der Waals surface area (Å²) in [6, 6.07) is 12.6. The van der Waals surface area contributed by atoms with Gasteiger partial charge in [-0.1, -0.05) is 29.8 Å². The Morgan fingerprint density at radius 2 is 1.95 bits per heavy atom. The minimum atomic E-state index is -0.602. The number of benzene rings is 2. The largest absolute Gasteiger partial charge is 0.486 e. The van der Waals surface area contributed by atoms with Crippen molar-refractivity contribution in [2.24, 2.45) is 0 Å². The van der Waals surface area contributed by atoms with E-state index in [1.165, 1.54) is 0 Å². The van der Waals surface area contributed by atoms with Crippen molar-refractivity contribution in [3.8, 4) is 27.7 Å². The molecule has 3 aliphatic rings. The third kappa shape index (κ3) is 5.31. The first-order valence-corrected chi connectivity index (χ1v) is 14.2. The lowest BCUT2D eigenvalue weighted by molar-refractivity contribution is 0.0607. The second-order valence-electron chi connectivity index (χ2n) is 9.71. The van der Waals surface area contributed by atoms with Crippen molar-refractivity contribution in [3.05, 3.63) is 58.2 Å². The van der Waals surface area contributed by atoms with Crippen LogP contribution in [0.3, 0.4) is 0 Å². The fourth-order valence-electron chi connectivity index (χ4n) is 4.89. The minimum Gasteiger partial charge on any atom is -0.486 e. The molecule has 2 aromatic carbocycles. The average molecular weight is 554 g/mol. The van der Waals surface area contributed by atoms with Gasteiger partial charge in [-0.2, -0.15) is 0 Å². The standard InChI is InChI=1S/C28H28ClN3O5S/c29-19-6-3-5-18(15-19)25-23(31-26(38-25)17-10-11-17)27(33)32-12-2-1-7-20(32)16-30-28(34)37-22-9-4-8-21-24(22)36-14-13-35-21/h3-6,8-9,15,17,20H,1-2,7,10-14,16H2,(H,30,34)/t20-/m0/s1. The van der Waals surface area contributed by atoms with Crippen LogP contribution < -0.4 is 19.5 Å². The first kappa shape index (κ1) is 25.0. The lowest BCUT2D eigenvalue weighted by Crippen LogP contribution is -2.50. The van der Waals surface area contributed by atoms with E-state index in [-0.39, 0.29) is 18.5 Å². The Morgan fingerprint density at radius 3 is 2.79 bits per heavy atom. The van der Waals surface area contributed by atoms with Crippen LogP contribution in [0.1, 0.15) is 53.5 Å². The zero-order valence-corrected chi connectivity index (χ0v) is 22.4. The highest BCUT2D eigenvalue weighted by molar-refractivity contribution is 7.15. The van der Waals surface area contributed by atoms with Crippen LogP contribution in [0, 0.1) is 0 Å². The van der Waals surface area contributed by atoms with Gasteiger partial charge < -0.3 is 24.4 Å². The van der Waals surface area contributed by atoms with Crippen LogP contribution in [0.15, 0.2) is 42.5 Å². The van der Waals surface area contributed by atoms with Crippen molar-refractivity contribution >= 4 is 34.9 Å². The number of carbonyl (C=O) groups excluding carboxylic acids is 2. The van der Waals surface area contributed by atoms with Gasteiger partial charge in [-0.05, 0) is 61.9 Å². The van der Waals surface area contributed by atoms with Gasteiger partial charge in [0, 0.05) is 30.1 Å². The van der Waals surface area contributed by atoms with Crippen LogP contribution >= 0.6 is 22.9 Å². The highest BCUT2D eigenvalue weighted by atomic mass is 35.5. The Hall–Kier alpha value is -3.30. The van der Waals surface area contributed by atoms with Gasteiger partial charge in [0.15, 0.2) is 11.5 Å². The number of nitrogens with zero attached hydrogens (tertiary/aromatic N) is 2. The maximum Gasteiger partial charge on any atom is 0.412 e. The number of nitrogens with one attached hydrogen (secondary N) is 1. The number of fused-ring (bicyclic) bond motifs is 1. The summed E-state index contributed by atoms with van der Waals surface area (Å²) in [4.78, 5) is 34.1. The number of hydrogen-bond acceptors (Lipinski definition) is 7. The molecule has 2 amide bonds. The quantitative estimate of drug-likeness (QED) is 0.409. The molecule has 1 aromatic heterocycles. The normalized spacial score (nSPS) is 18.7. The molecule has 1 saturated carbocycles. The summed E-state index contributed by atoms with van der Waals surface area (Å²) < 4.78 is 16.7. The van der Waals surface area contributed by atoms with Gasteiger partial charge in [-0.15, -0.1) is 11.3 Å². The van der Waals surface area contributed by atoms with Crippen molar-refractivity contribution in [3.63, 3.8) is 0 Å². The SMILES string of the molecule is O=C(NC[C@@H]1CCCCN1C(=O)c1nc(C2CC2)sc1-c1cccc(Cl)c1)Oc1cccc2c1OCCO2. The predicted octanol–water partition coefficient (Wildman–Crippen LogP) is 5.90. The molecule has 2 aliphatic heterocycles. The number of ether oxygens (including phenoxy) is 3. The van der Waals surface area contributed by atoms with E-state index in [9.17, 15) is 9.59 Å². The molecular formula is C28H28ClN3O5S. The fourth-order valence-corrected chi connectivity index (χ4v) is 6.31. The molecule has 38 heavy (non-hydrogen) atoms. The van der Waals surface area contributed by atoms with E-state index < -0.39 is 6.09 Å². The number of hydrogen-bond donors (Lipinski definition) is 1. The molecule has 0 radical (unpaired) electrons. The monoisotopic (exact) mass is 553 g/mol. The van der Waals surface area contributed by atoms with E-state index in [1.807, 2.05) is 29.2 Å². The molecule has 6 rings (SSSR count). The topological polar surface area (TPSA) is 90.0 Å². The van der Waals surface area contributed by atoms with E-state index in [1.54, 1.807) is 29.5 Å². The first-order chi connectivity index (χ1) is 18.6. The summed E-state index contributed by atoms with van der Waals surface area (Å²) in [6.07, 6.45) is 4.29. The number of halogens is 1. The number of amides is 2. The Morgan fingerprint density at radius 1 is 1.11 bits per heavy atom. The molecule has 2 fully saturated rings. The number of aromatic nitrogens is 1. The molecule has 0 spiro atoms. The van der Waals surface area contributed by atoms with Gasteiger partial charge in [0.2, 0.25) is 5.75 Å². The highest BCUT2D eigenvalue weighted by Crippen LogP contribution is 2.45. The number of piperidine rings is 1. The molecule has 8 nitrogen and oxygen atoms in total. The molecule has 0 unspecified atom stereocenters. The van der Waals surface area contributed by atoms with E-state index in [4.69, 9.17) is 30.8 Å². The lowest BCUT2D eigenvalue weighted by Gasteiger charge is -2.35. The van der Waals surface area contributed by atoms with Crippen LogP contribution in [-0.4, -0.2) is 54.2 Å². The number of rotatable bonds is 6. The van der Waals surface area contributed by atoms with Gasteiger partial charge in [0.1, 0.15) is 18.9 Å². The predicted molar refractivity (Wildman–Crippen MR) is 145 cm³/mol. The highest BCUT2D eigenvalue weighted by Gasteiger charge is 2.34. The molecule has 0 bridgehead atoms. The van der Waals surface area contributed by atoms with Crippen molar-refractivity contribution < 1.29 is 23.8 Å². The maximum absolute atomic E-state index is 13.9. The molecule has 1 saturated heterocycles. The first-order valence-electron chi connectivity index (χ1n) is 13.0. The van der Waals surface area contributed by atoms with E-state index in [0.29, 0.717) is 53.6 Å². The Kier molecular flexibility index (Phi) is 7.12. The smallest absolute Gasteiger partial charge is 0.412 e. The number of likely N-dealkylation sites (tertiary alicyclic amines) is 1. The molecule has 3 aromatic rings. The molecule has 10 heteroatoms. The van der Waals surface area contributed by atoms with Gasteiger partial charge in [-0.3, -0.25) is 4.79 Å². The number of carbonyl (C=O) groups is 2. The van der Waals surface area contributed by atoms with Crippen molar-refractivity contribution in [2.75, 3.05) is 26.3 Å². The number of para-hydroxylation sites is 1. The second-order valence-corrected chi connectivity index (χ2v) is 11.2. The lowest BCUT2D eigenvalue weighted by atomic mass is 10.0. The van der Waals surface area contributed by atoms with Gasteiger partial charge >= 0.3 is 6.09 Å². The van der Waals surface area contributed by atoms with Crippen LogP contribution in [0.2, 0.25) is 5.02 Å². The van der Waals surface area contributed by atoms with E-state index >= 15 is 0 Å². The van der Waals surface area contributed by atoms with Crippen LogP contribution in [0.4, 0.5) is 4.79 Å². The third-order valence-corrected chi connectivity index (χ3v) is 8.46. The van der Waals surface area contributed by atoms with Crippen molar-refractivity contribution in [2.45, 2.75) is 44.1 Å². The van der Waals surface area contributed by atoms with Crippen LogP contribution in [0.25, 0.3) is 10.4 Å². The Bertz CT molecular complexity index is 1360. The molecule has 1 atom stereocenters. The van der Waals surface area contributed by atoms with Crippen LogP contribution in [-0.2, 0) is 0 Å². The molecule has 3 heterocycles. The minimum absolute atomic E-state index is 0.106. The molecular weight excluding hydrogens is 526 g/mol. The second kappa shape index (κ2) is 10.8. The zero-order chi connectivity index (χ0) is 26.1. The van der Waals surface area contributed by atoms with E-state index in [2.05, 4.69) is 5.32 Å². The summed E-state index contributed by atoms with van der Waals surface area (Å²) >= 11 is 7.86. The maximum atomic E-state index is 13.9. The van der Waals surface area contributed by atoms with Crippen molar-refractivity contribution in [1.82, 2.24) is 15.2 Å². The number of thiazole rings is 1. The van der Waals surface area contributed by atoms with Gasteiger partial charge in [-0.25, -0.2) is 9.78 Å². The average Bonchev–Trinajstić information content (AvgIpc) is 3.70. The zero-order valence-electron chi connectivity index (χ0n) is 20.8. The summed E-state index contributed by atoms with van der Waals surface area (Å²) in [7, 11) is 0. The summed E-state index contributed by atoms with van der Waals surface area (Å²) in [6.45, 7) is 1.74. The van der Waals surface area contributed by atoms with Crippen LogP contribution in [0.5, 0.6) is 17.2 Å². The molecule has 1 aliphatic carbocycles. The van der Waals surface area contributed by atoms with Gasteiger partial charge in [0.25, 0.3) is 5.91 Å². The molecule has 198 valence electrons. The van der Waals surface area contributed by atoms with Crippen molar-refractivity contribution in [1.29, 1.82) is 0 Å². The van der Waals surface area contributed by atoms with Gasteiger partial charge in [0.05, 0.1) is 9.88 Å². The summed E-state index contributed by atoms with van der Waals surface area (Å²) in [5.74, 6) is 1.61. The fraction of sp³-hybridized carbons (Fsp3) is 0.393. The third-order valence-electron chi connectivity index (χ3n) is 6.96. The molecule has 1 N–H and O–H groups in total. The summed E-state index contributed by atoms with van der Waals surface area (Å²) in [5.41, 5.74) is 1.37.